The van der Waals surface area contributed by atoms with E-state index in [4.69, 9.17) is 48.6 Å². The number of ether oxygens (including phenoxy) is 4. The highest BCUT2D eigenvalue weighted by Gasteiger charge is 2.16. The molecule has 0 amide bonds. The van der Waals surface area contributed by atoms with E-state index >= 15 is 0 Å². The molecule has 0 fully saturated rings. The van der Waals surface area contributed by atoms with Crippen molar-refractivity contribution in [2.24, 2.45) is 0 Å². The molecule has 7 nitrogen and oxygen atoms in total. The minimum absolute atomic E-state index is 0.331. The monoisotopic (exact) mass is 461 g/mol. The average Bonchev–Trinajstić information content (AvgIpc) is 2.77. The Morgan fingerprint density at radius 2 is 1.65 bits per heavy atom. The lowest BCUT2D eigenvalue weighted by molar-refractivity contribution is 0.132. The zero-order valence-electron chi connectivity index (χ0n) is 17.1. The summed E-state index contributed by atoms with van der Waals surface area (Å²) in [6, 6.07) is 6.93. The first-order chi connectivity index (χ1) is 15.1. The Balaban J connectivity index is 2.03. The van der Waals surface area contributed by atoms with E-state index in [1.54, 1.807) is 38.5 Å². The molecule has 0 aliphatic rings. The van der Waals surface area contributed by atoms with Crippen LogP contribution in [0, 0.1) is 12.3 Å². The van der Waals surface area contributed by atoms with Gasteiger partial charge in [0.2, 0.25) is 0 Å². The molecule has 2 aromatic carbocycles. The normalized spacial score (nSPS) is 10.7. The van der Waals surface area contributed by atoms with Crippen LogP contribution in [0.25, 0.3) is 10.9 Å². The highest BCUT2D eigenvalue weighted by molar-refractivity contribution is 6.40. The van der Waals surface area contributed by atoms with E-state index in [9.17, 15) is 0 Å². The van der Waals surface area contributed by atoms with Crippen LogP contribution in [0.3, 0.4) is 0 Å². The lowest BCUT2D eigenvalue weighted by atomic mass is 10.1. The summed E-state index contributed by atoms with van der Waals surface area (Å²) in [6.07, 6.45) is 6.95. The number of nitrogens with one attached hydrogen (secondary N) is 1. The topological polar surface area (TPSA) is 74.7 Å². The van der Waals surface area contributed by atoms with Crippen molar-refractivity contribution in [2.75, 3.05) is 46.0 Å². The van der Waals surface area contributed by atoms with Crippen LogP contribution >= 0.6 is 23.2 Å². The number of terminal acetylenes is 1. The van der Waals surface area contributed by atoms with Crippen molar-refractivity contribution in [1.29, 1.82) is 0 Å². The van der Waals surface area contributed by atoms with Gasteiger partial charge >= 0.3 is 0 Å². The Bertz CT molecular complexity index is 1100. The van der Waals surface area contributed by atoms with Gasteiger partial charge in [-0.15, -0.1) is 6.42 Å². The Labute approximate surface area is 190 Å². The lowest BCUT2D eigenvalue weighted by Crippen LogP contribution is -2.09. The maximum atomic E-state index is 6.42. The number of benzene rings is 2. The molecule has 162 valence electrons. The third-order valence-electron chi connectivity index (χ3n) is 4.28. The van der Waals surface area contributed by atoms with E-state index in [1.165, 1.54) is 6.33 Å². The first-order valence-electron chi connectivity index (χ1n) is 9.33. The van der Waals surface area contributed by atoms with Gasteiger partial charge in [0.15, 0.2) is 11.5 Å². The van der Waals surface area contributed by atoms with Crippen molar-refractivity contribution in [1.82, 2.24) is 9.97 Å². The summed E-state index contributed by atoms with van der Waals surface area (Å²) in [5.74, 6) is 4.08. The molecular weight excluding hydrogens is 441 g/mol. The summed E-state index contributed by atoms with van der Waals surface area (Å²) in [4.78, 5) is 8.70. The fourth-order valence-electron chi connectivity index (χ4n) is 2.76. The molecule has 0 saturated heterocycles. The smallest absolute Gasteiger partial charge is 0.163 e. The highest BCUT2D eigenvalue weighted by Crippen LogP contribution is 2.38. The predicted molar refractivity (Wildman–Crippen MR) is 122 cm³/mol. The van der Waals surface area contributed by atoms with Gasteiger partial charge in [0.1, 0.15) is 25.4 Å². The Morgan fingerprint density at radius 1 is 0.968 bits per heavy atom. The van der Waals surface area contributed by atoms with Crippen LogP contribution in [0.1, 0.15) is 5.56 Å². The molecule has 31 heavy (non-hydrogen) atoms. The second-order valence-electron chi connectivity index (χ2n) is 6.27. The Kier molecular flexibility index (Phi) is 8.15. The molecule has 0 bridgehead atoms. The molecule has 3 rings (SSSR count). The van der Waals surface area contributed by atoms with Crippen LogP contribution in [0.15, 0.2) is 30.6 Å². The molecule has 9 heteroatoms. The Hall–Kier alpha value is -2.76. The van der Waals surface area contributed by atoms with E-state index in [2.05, 4.69) is 21.2 Å². The number of fused-ring (bicyclic) bond motifs is 1. The van der Waals surface area contributed by atoms with Gasteiger partial charge in [-0.05, 0) is 18.2 Å². The summed E-state index contributed by atoms with van der Waals surface area (Å²) in [7, 11) is 3.21. The highest BCUT2D eigenvalue weighted by atomic mass is 35.5. The van der Waals surface area contributed by atoms with Gasteiger partial charge in [-0.1, -0.05) is 29.1 Å². The Morgan fingerprint density at radius 3 is 2.29 bits per heavy atom. The molecule has 1 heterocycles. The average molecular weight is 462 g/mol. The summed E-state index contributed by atoms with van der Waals surface area (Å²) < 4.78 is 21.8. The number of anilines is 2. The number of aromatic nitrogens is 2. The van der Waals surface area contributed by atoms with Crippen LogP contribution in [0.4, 0.5) is 11.5 Å². The molecule has 1 aromatic heterocycles. The van der Waals surface area contributed by atoms with E-state index in [1.807, 2.05) is 0 Å². The third-order valence-corrected chi connectivity index (χ3v) is 4.99. The second-order valence-corrected chi connectivity index (χ2v) is 7.06. The quantitative estimate of drug-likeness (QED) is 0.346. The number of methoxy groups -OCH3 is 2. The predicted octanol–water partition coefficient (Wildman–Crippen LogP) is 4.71. The second kappa shape index (κ2) is 11.0. The molecule has 0 spiro atoms. The van der Waals surface area contributed by atoms with E-state index < -0.39 is 0 Å². The number of halogens is 2. The van der Waals surface area contributed by atoms with Crippen molar-refractivity contribution in [3.63, 3.8) is 0 Å². The van der Waals surface area contributed by atoms with Gasteiger partial charge in [-0.2, -0.15) is 0 Å². The first-order valence-corrected chi connectivity index (χ1v) is 10.1. The maximum Gasteiger partial charge on any atom is 0.163 e. The molecule has 0 radical (unpaired) electrons. The maximum absolute atomic E-state index is 6.42. The van der Waals surface area contributed by atoms with Crippen LogP contribution in [0.5, 0.6) is 11.5 Å². The first kappa shape index (κ1) is 22.9. The minimum Gasteiger partial charge on any atom is -0.487 e. The van der Waals surface area contributed by atoms with Crippen molar-refractivity contribution >= 4 is 45.6 Å². The third kappa shape index (κ3) is 5.49. The minimum atomic E-state index is 0.331. The van der Waals surface area contributed by atoms with E-state index in [0.29, 0.717) is 75.9 Å². The van der Waals surface area contributed by atoms with E-state index in [-0.39, 0.29) is 0 Å². The molecule has 0 aliphatic carbocycles. The largest absolute Gasteiger partial charge is 0.487 e. The molecule has 0 atom stereocenters. The SMILES string of the molecule is C#Cc1ccc(Cl)c(Nc2ncnc3cc(OCCOC)c(OCCOC)cc23)c1Cl. The number of nitrogens with zero attached hydrogens (tertiary/aromatic N) is 2. The van der Waals surface area contributed by atoms with Crippen molar-refractivity contribution < 1.29 is 18.9 Å². The number of hydrogen-bond donors (Lipinski definition) is 1. The van der Waals surface area contributed by atoms with Gasteiger partial charge < -0.3 is 24.3 Å². The van der Waals surface area contributed by atoms with Gasteiger partial charge in [0.05, 0.1) is 34.5 Å². The van der Waals surface area contributed by atoms with Crippen molar-refractivity contribution in [3.8, 4) is 23.8 Å². The van der Waals surface area contributed by atoms with Gasteiger partial charge in [-0.25, -0.2) is 9.97 Å². The van der Waals surface area contributed by atoms with Crippen molar-refractivity contribution in [2.45, 2.75) is 0 Å². The summed E-state index contributed by atoms with van der Waals surface area (Å²) in [5.41, 5.74) is 1.62. The molecular formula is C22H21Cl2N3O4. The van der Waals surface area contributed by atoms with Gasteiger partial charge in [0, 0.05) is 31.2 Å². The summed E-state index contributed by atoms with van der Waals surface area (Å²) in [6.45, 7) is 1.58. The fourth-order valence-corrected chi connectivity index (χ4v) is 3.28. The van der Waals surface area contributed by atoms with Crippen LogP contribution in [-0.2, 0) is 9.47 Å². The fraction of sp³-hybridized carbons (Fsp3) is 0.273. The molecule has 0 saturated carbocycles. The summed E-state index contributed by atoms with van der Waals surface area (Å²) >= 11 is 12.8. The van der Waals surface area contributed by atoms with Crippen LogP contribution in [-0.4, -0.2) is 50.6 Å². The van der Waals surface area contributed by atoms with Crippen molar-refractivity contribution in [3.05, 3.63) is 46.2 Å². The molecule has 1 N–H and O–H groups in total. The summed E-state index contributed by atoms with van der Waals surface area (Å²) in [5, 5.41) is 4.60. The molecule has 0 unspecified atom stereocenters. The lowest BCUT2D eigenvalue weighted by Gasteiger charge is -2.16. The number of hydrogen-bond acceptors (Lipinski definition) is 7. The van der Waals surface area contributed by atoms with Gasteiger partial charge in [-0.3, -0.25) is 0 Å². The molecule has 3 aromatic rings. The molecule has 0 aliphatic heterocycles. The number of rotatable bonds is 10. The standard InChI is InChI=1S/C22H21Cl2N3O4/c1-4-14-5-6-16(23)21(20(14)24)27-22-15-11-18(30-9-7-28-2)19(31-10-8-29-3)12-17(15)25-13-26-22/h1,5-6,11-13H,7-10H2,2-3H3,(H,25,26,27). The van der Waals surface area contributed by atoms with Gasteiger partial charge in [0.25, 0.3) is 0 Å². The van der Waals surface area contributed by atoms with Crippen LogP contribution in [0.2, 0.25) is 10.0 Å². The van der Waals surface area contributed by atoms with E-state index in [0.717, 1.165) is 0 Å². The zero-order chi connectivity index (χ0) is 22.2. The van der Waals surface area contributed by atoms with Crippen LogP contribution < -0.4 is 14.8 Å². The zero-order valence-corrected chi connectivity index (χ0v) is 18.6.